The first-order valence-electron chi connectivity index (χ1n) is 6.43. The Morgan fingerprint density at radius 3 is 1.87 bits per heavy atom. The highest BCUT2D eigenvalue weighted by atomic mass is 15.2. The Labute approximate surface area is 96.2 Å². The highest BCUT2D eigenvalue weighted by Crippen LogP contribution is 2.25. The van der Waals surface area contributed by atoms with Crippen molar-refractivity contribution in [2.24, 2.45) is 11.7 Å². The van der Waals surface area contributed by atoms with Crippen molar-refractivity contribution in [3.05, 3.63) is 0 Å². The SMILES string of the molecule is CCCC(CN)(CCC)N(C)CC(C)C. The van der Waals surface area contributed by atoms with Crippen molar-refractivity contribution in [1.82, 2.24) is 4.90 Å². The van der Waals surface area contributed by atoms with Crippen LogP contribution in [0.15, 0.2) is 0 Å². The highest BCUT2D eigenvalue weighted by molar-refractivity contribution is 4.89. The summed E-state index contributed by atoms with van der Waals surface area (Å²) in [6.07, 6.45) is 4.89. The fraction of sp³-hybridized carbons (Fsp3) is 1.00. The molecule has 0 aliphatic carbocycles. The Bertz CT molecular complexity index is 149. The van der Waals surface area contributed by atoms with Crippen LogP contribution in [0.2, 0.25) is 0 Å². The number of likely N-dealkylation sites (N-methyl/N-ethyl adjacent to an activating group) is 1. The van der Waals surface area contributed by atoms with E-state index in [2.05, 4.69) is 39.6 Å². The smallest absolute Gasteiger partial charge is 0.0328 e. The standard InChI is InChI=1S/C13H30N2/c1-6-8-13(11-14,9-7-2)15(5)10-12(3)4/h12H,6-11,14H2,1-5H3. The molecule has 0 aliphatic rings. The van der Waals surface area contributed by atoms with Gasteiger partial charge in [-0.25, -0.2) is 0 Å². The topological polar surface area (TPSA) is 29.3 Å². The van der Waals surface area contributed by atoms with Crippen LogP contribution in [0.4, 0.5) is 0 Å². The van der Waals surface area contributed by atoms with Gasteiger partial charge in [-0.1, -0.05) is 40.5 Å². The largest absolute Gasteiger partial charge is 0.329 e. The lowest BCUT2D eigenvalue weighted by Gasteiger charge is -2.42. The molecule has 2 heteroatoms. The van der Waals surface area contributed by atoms with Gasteiger partial charge in [0.2, 0.25) is 0 Å². The van der Waals surface area contributed by atoms with Crippen LogP contribution in [0.3, 0.4) is 0 Å². The summed E-state index contributed by atoms with van der Waals surface area (Å²) < 4.78 is 0. The molecule has 0 bridgehead atoms. The van der Waals surface area contributed by atoms with E-state index in [0.717, 1.165) is 19.0 Å². The van der Waals surface area contributed by atoms with E-state index < -0.39 is 0 Å². The average Bonchev–Trinajstić information content (AvgIpc) is 2.16. The summed E-state index contributed by atoms with van der Waals surface area (Å²) in [6, 6.07) is 0. The average molecular weight is 214 g/mol. The van der Waals surface area contributed by atoms with Crippen molar-refractivity contribution in [2.45, 2.75) is 58.9 Å². The van der Waals surface area contributed by atoms with E-state index in [-0.39, 0.29) is 5.54 Å². The van der Waals surface area contributed by atoms with Crippen LogP contribution in [0, 0.1) is 5.92 Å². The summed E-state index contributed by atoms with van der Waals surface area (Å²) in [5.41, 5.74) is 6.26. The van der Waals surface area contributed by atoms with Gasteiger partial charge in [0.1, 0.15) is 0 Å². The summed E-state index contributed by atoms with van der Waals surface area (Å²) in [6.45, 7) is 11.0. The van der Waals surface area contributed by atoms with Gasteiger partial charge in [-0.15, -0.1) is 0 Å². The van der Waals surface area contributed by atoms with Crippen molar-refractivity contribution in [2.75, 3.05) is 20.1 Å². The lowest BCUT2D eigenvalue weighted by atomic mass is 9.86. The molecule has 92 valence electrons. The minimum atomic E-state index is 0.244. The third-order valence-electron chi connectivity index (χ3n) is 3.26. The van der Waals surface area contributed by atoms with Crippen LogP contribution in [-0.2, 0) is 0 Å². The van der Waals surface area contributed by atoms with Crippen molar-refractivity contribution in [3.8, 4) is 0 Å². The maximum atomic E-state index is 6.01. The number of nitrogens with zero attached hydrogens (tertiary/aromatic N) is 1. The molecular weight excluding hydrogens is 184 g/mol. The van der Waals surface area contributed by atoms with Gasteiger partial charge in [-0.2, -0.15) is 0 Å². The lowest BCUT2D eigenvalue weighted by Crippen LogP contribution is -2.53. The van der Waals surface area contributed by atoms with Crippen LogP contribution >= 0.6 is 0 Å². The lowest BCUT2D eigenvalue weighted by molar-refractivity contribution is 0.0906. The fourth-order valence-electron chi connectivity index (χ4n) is 2.54. The molecule has 0 atom stereocenters. The second-order valence-electron chi connectivity index (χ2n) is 5.20. The van der Waals surface area contributed by atoms with Gasteiger partial charge in [-0.3, -0.25) is 4.90 Å². The first kappa shape index (κ1) is 14.9. The molecule has 0 aliphatic heterocycles. The van der Waals surface area contributed by atoms with Gasteiger partial charge in [0, 0.05) is 18.6 Å². The molecule has 0 amide bonds. The maximum Gasteiger partial charge on any atom is 0.0328 e. The predicted octanol–water partition coefficient (Wildman–Crippen LogP) is 2.87. The van der Waals surface area contributed by atoms with Crippen LogP contribution in [0.25, 0.3) is 0 Å². The van der Waals surface area contributed by atoms with Crippen LogP contribution in [0.1, 0.15) is 53.4 Å². The Hall–Kier alpha value is -0.0800. The number of hydrogen-bond acceptors (Lipinski definition) is 2. The van der Waals surface area contributed by atoms with Gasteiger partial charge >= 0.3 is 0 Å². The molecule has 0 radical (unpaired) electrons. The van der Waals surface area contributed by atoms with Gasteiger partial charge in [0.15, 0.2) is 0 Å². The summed E-state index contributed by atoms with van der Waals surface area (Å²) in [5, 5.41) is 0. The second kappa shape index (κ2) is 7.24. The Balaban J connectivity index is 4.55. The quantitative estimate of drug-likeness (QED) is 0.673. The van der Waals surface area contributed by atoms with E-state index >= 15 is 0 Å². The molecule has 0 heterocycles. The molecule has 0 aromatic heterocycles. The van der Waals surface area contributed by atoms with E-state index in [1.165, 1.54) is 25.7 Å². The van der Waals surface area contributed by atoms with Crippen LogP contribution < -0.4 is 5.73 Å². The van der Waals surface area contributed by atoms with Gasteiger partial charge in [0.05, 0.1) is 0 Å². The van der Waals surface area contributed by atoms with Crippen LogP contribution in [0.5, 0.6) is 0 Å². The van der Waals surface area contributed by atoms with Gasteiger partial charge < -0.3 is 5.73 Å². The molecule has 0 aromatic rings. The van der Waals surface area contributed by atoms with Crippen molar-refractivity contribution < 1.29 is 0 Å². The normalized spacial score (nSPS) is 12.8. The minimum absolute atomic E-state index is 0.244. The number of nitrogens with two attached hydrogens (primary N) is 1. The number of rotatable bonds is 8. The van der Waals surface area contributed by atoms with E-state index in [1.54, 1.807) is 0 Å². The van der Waals surface area contributed by atoms with Gasteiger partial charge in [0.25, 0.3) is 0 Å². The van der Waals surface area contributed by atoms with Crippen molar-refractivity contribution in [1.29, 1.82) is 0 Å². The summed E-state index contributed by atoms with van der Waals surface area (Å²) in [7, 11) is 2.23. The monoisotopic (exact) mass is 214 g/mol. The Morgan fingerprint density at radius 2 is 1.60 bits per heavy atom. The first-order chi connectivity index (χ1) is 7.02. The molecule has 2 N–H and O–H groups in total. The molecule has 15 heavy (non-hydrogen) atoms. The molecule has 0 spiro atoms. The predicted molar refractivity (Wildman–Crippen MR) is 69.1 cm³/mol. The van der Waals surface area contributed by atoms with E-state index in [0.29, 0.717) is 0 Å². The van der Waals surface area contributed by atoms with E-state index in [9.17, 15) is 0 Å². The molecule has 0 saturated carbocycles. The molecule has 0 aromatic carbocycles. The van der Waals surface area contributed by atoms with Crippen molar-refractivity contribution >= 4 is 0 Å². The third kappa shape index (κ3) is 4.52. The minimum Gasteiger partial charge on any atom is -0.329 e. The zero-order chi connectivity index (χ0) is 11.9. The zero-order valence-electron chi connectivity index (χ0n) is 11.3. The number of hydrogen-bond donors (Lipinski definition) is 1. The molecule has 0 saturated heterocycles. The van der Waals surface area contributed by atoms with Crippen molar-refractivity contribution in [3.63, 3.8) is 0 Å². The molecule has 0 fully saturated rings. The third-order valence-corrected chi connectivity index (χ3v) is 3.26. The summed E-state index contributed by atoms with van der Waals surface area (Å²) in [5.74, 6) is 0.717. The Morgan fingerprint density at radius 1 is 1.13 bits per heavy atom. The molecular formula is C13H30N2. The highest BCUT2D eigenvalue weighted by Gasteiger charge is 2.31. The molecule has 0 unspecified atom stereocenters. The second-order valence-corrected chi connectivity index (χ2v) is 5.20. The van der Waals surface area contributed by atoms with E-state index in [4.69, 9.17) is 5.73 Å². The van der Waals surface area contributed by atoms with E-state index in [1.807, 2.05) is 0 Å². The molecule has 0 rings (SSSR count). The zero-order valence-corrected chi connectivity index (χ0v) is 11.3. The summed E-state index contributed by atoms with van der Waals surface area (Å²) >= 11 is 0. The van der Waals surface area contributed by atoms with Crippen LogP contribution in [-0.4, -0.2) is 30.6 Å². The first-order valence-corrected chi connectivity index (χ1v) is 6.43. The maximum absolute atomic E-state index is 6.01. The molecule has 2 nitrogen and oxygen atoms in total. The van der Waals surface area contributed by atoms with Gasteiger partial charge in [-0.05, 0) is 25.8 Å². The Kier molecular flexibility index (Phi) is 7.20. The summed E-state index contributed by atoms with van der Waals surface area (Å²) in [4.78, 5) is 2.49. The fourth-order valence-corrected chi connectivity index (χ4v) is 2.54.